The van der Waals surface area contributed by atoms with E-state index in [2.05, 4.69) is 0 Å². The van der Waals surface area contributed by atoms with Crippen molar-refractivity contribution in [2.24, 2.45) is 0 Å². The molecule has 0 saturated carbocycles. The Labute approximate surface area is 125 Å². The molecule has 0 amide bonds. The van der Waals surface area contributed by atoms with Gasteiger partial charge in [-0.25, -0.2) is 8.42 Å². The van der Waals surface area contributed by atoms with Crippen LogP contribution in [-0.4, -0.2) is 50.4 Å². The molecule has 21 heavy (non-hydrogen) atoms. The fourth-order valence-electron chi connectivity index (χ4n) is 2.32. The van der Waals surface area contributed by atoms with Crippen molar-refractivity contribution in [3.63, 3.8) is 0 Å². The highest BCUT2D eigenvalue weighted by molar-refractivity contribution is 7.89. The van der Waals surface area contributed by atoms with Crippen LogP contribution in [0.4, 0.5) is 5.69 Å². The first-order valence-electron chi connectivity index (χ1n) is 6.98. The fraction of sp³-hybridized carbons (Fsp3) is 0.571. The minimum absolute atomic E-state index is 0.0448. The number of nitrogen functional groups attached to an aromatic ring is 1. The highest BCUT2D eigenvalue weighted by Gasteiger charge is 2.30. The van der Waals surface area contributed by atoms with E-state index in [1.807, 2.05) is 13.8 Å². The van der Waals surface area contributed by atoms with Gasteiger partial charge in [0.15, 0.2) is 0 Å². The van der Waals surface area contributed by atoms with Crippen molar-refractivity contribution >= 4 is 15.7 Å². The standard InChI is InChI=1S/C14H22N2O4S/c1-11-9-16(10-12(2)20-11)21(17,18)8-7-19-14-5-3-13(15)4-6-14/h3-6,11-12H,7-10,15H2,1-2H3/t11-,12+. The van der Waals surface area contributed by atoms with Crippen molar-refractivity contribution in [3.8, 4) is 5.75 Å². The smallest absolute Gasteiger partial charge is 0.217 e. The molecule has 0 unspecified atom stereocenters. The lowest BCUT2D eigenvalue weighted by Gasteiger charge is -2.34. The largest absolute Gasteiger partial charge is 0.492 e. The van der Waals surface area contributed by atoms with Crippen LogP contribution in [0.5, 0.6) is 5.75 Å². The van der Waals surface area contributed by atoms with Crippen molar-refractivity contribution in [1.29, 1.82) is 0 Å². The van der Waals surface area contributed by atoms with Gasteiger partial charge in [0.25, 0.3) is 0 Å². The number of benzene rings is 1. The SMILES string of the molecule is C[C@@H]1CN(S(=O)(=O)CCOc2ccc(N)cc2)C[C@H](C)O1. The van der Waals surface area contributed by atoms with Crippen molar-refractivity contribution in [2.75, 3.05) is 31.2 Å². The molecule has 0 aromatic heterocycles. The number of anilines is 1. The van der Waals surface area contributed by atoms with Crippen LogP contribution in [0.15, 0.2) is 24.3 Å². The Bertz CT molecular complexity index is 549. The Morgan fingerprint density at radius 1 is 1.24 bits per heavy atom. The number of hydrogen-bond acceptors (Lipinski definition) is 5. The predicted octanol–water partition coefficient (Wildman–Crippen LogP) is 1.09. The predicted molar refractivity (Wildman–Crippen MR) is 81.7 cm³/mol. The maximum Gasteiger partial charge on any atom is 0.217 e. The van der Waals surface area contributed by atoms with Crippen molar-refractivity contribution in [2.45, 2.75) is 26.1 Å². The molecule has 2 rings (SSSR count). The number of nitrogens with two attached hydrogens (primary N) is 1. The van der Waals surface area contributed by atoms with E-state index in [1.54, 1.807) is 24.3 Å². The Kier molecular flexibility index (Phi) is 5.08. The Morgan fingerprint density at radius 3 is 2.38 bits per heavy atom. The summed E-state index contributed by atoms with van der Waals surface area (Å²) in [6.45, 7) is 4.67. The molecule has 7 heteroatoms. The second-order valence-corrected chi connectivity index (χ2v) is 7.40. The molecule has 0 spiro atoms. The van der Waals surface area contributed by atoms with Gasteiger partial charge in [0.05, 0.1) is 18.0 Å². The van der Waals surface area contributed by atoms with Crippen molar-refractivity contribution < 1.29 is 17.9 Å². The van der Waals surface area contributed by atoms with E-state index in [9.17, 15) is 8.42 Å². The Hall–Kier alpha value is -1.31. The summed E-state index contributed by atoms with van der Waals surface area (Å²) in [7, 11) is -3.32. The van der Waals surface area contributed by atoms with Crippen LogP contribution in [-0.2, 0) is 14.8 Å². The zero-order valence-electron chi connectivity index (χ0n) is 12.4. The molecule has 118 valence electrons. The Balaban J connectivity index is 1.87. The number of ether oxygens (including phenoxy) is 2. The highest BCUT2D eigenvalue weighted by atomic mass is 32.2. The quantitative estimate of drug-likeness (QED) is 0.823. The van der Waals surface area contributed by atoms with Crippen LogP contribution < -0.4 is 10.5 Å². The minimum Gasteiger partial charge on any atom is -0.492 e. The normalized spacial score (nSPS) is 23.9. The lowest BCUT2D eigenvalue weighted by atomic mass is 10.3. The maximum absolute atomic E-state index is 12.3. The Morgan fingerprint density at radius 2 is 1.81 bits per heavy atom. The lowest BCUT2D eigenvalue weighted by Crippen LogP contribution is -2.49. The molecule has 1 saturated heterocycles. The van der Waals surface area contributed by atoms with Crippen molar-refractivity contribution in [3.05, 3.63) is 24.3 Å². The summed E-state index contributed by atoms with van der Waals surface area (Å²) in [5, 5.41) is 0. The van der Waals surface area contributed by atoms with Gasteiger partial charge in [-0.2, -0.15) is 4.31 Å². The van der Waals surface area contributed by atoms with E-state index >= 15 is 0 Å². The first-order chi connectivity index (χ1) is 9.87. The van der Waals surface area contributed by atoms with Crippen LogP contribution >= 0.6 is 0 Å². The number of hydrogen-bond donors (Lipinski definition) is 1. The number of morpholine rings is 1. The number of sulfonamides is 1. The molecule has 1 aromatic carbocycles. The zero-order chi connectivity index (χ0) is 15.5. The molecule has 1 heterocycles. The highest BCUT2D eigenvalue weighted by Crippen LogP contribution is 2.16. The molecule has 1 aliphatic rings. The van der Waals surface area contributed by atoms with Crippen LogP contribution in [0.1, 0.15) is 13.8 Å². The first kappa shape index (κ1) is 16.1. The average Bonchev–Trinajstić information content (AvgIpc) is 2.40. The summed E-state index contributed by atoms with van der Waals surface area (Å²) in [5.74, 6) is 0.569. The molecule has 1 aliphatic heterocycles. The molecule has 0 aliphatic carbocycles. The summed E-state index contributed by atoms with van der Waals surface area (Å²) in [4.78, 5) is 0. The first-order valence-corrected chi connectivity index (χ1v) is 8.59. The van der Waals surface area contributed by atoms with Gasteiger partial charge in [-0.15, -0.1) is 0 Å². The lowest BCUT2D eigenvalue weighted by molar-refractivity contribution is -0.0441. The van der Waals surface area contributed by atoms with Gasteiger partial charge >= 0.3 is 0 Å². The van der Waals surface area contributed by atoms with E-state index < -0.39 is 10.0 Å². The van der Waals surface area contributed by atoms with Gasteiger partial charge in [-0.1, -0.05) is 0 Å². The van der Waals surface area contributed by atoms with Crippen LogP contribution in [0.2, 0.25) is 0 Å². The van der Waals surface area contributed by atoms with Gasteiger partial charge in [-0.05, 0) is 38.1 Å². The van der Waals surface area contributed by atoms with Gasteiger partial charge in [0.2, 0.25) is 10.0 Å². The second-order valence-electron chi connectivity index (χ2n) is 5.31. The van der Waals surface area contributed by atoms with E-state index in [4.69, 9.17) is 15.2 Å². The fourth-order valence-corrected chi connectivity index (χ4v) is 3.74. The van der Waals surface area contributed by atoms with Gasteiger partial charge < -0.3 is 15.2 Å². The molecular formula is C14H22N2O4S. The third kappa shape index (κ3) is 4.59. The van der Waals surface area contributed by atoms with Crippen LogP contribution in [0, 0.1) is 0 Å². The summed E-state index contributed by atoms with van der Waals surface area (Å²) in [6, 6.07) is 6.88. The number of nitrogens with zero attached hydrogens (tertiary/aromatic N) is 1. The summed E-state index contributed by atoms with van der Waals surface area (Å²) in [6.07, 6.45) is -0.164. The van der Waals surface area contributed by atoms with E-state index in [0.717, 1.165) is 0 Å². The van der Waals surface area contributed by atoms with E-state index in [-0.39, 0.29) is 24.6 Å². The van der Waals surface area contributed by atoms with Gasteiger partial charge in [0.1, 0.15) is 12.4 Å². The minimum atomic E-state index is -3.32. The molecule has 1 fully saturated rings. The molecule has 2 N–H and O–H groups in total. The molecule has 6 nitrogen and oxygen atoms in total. The molecular weight excluding hydrogens is 292 g/mol. The van der Waals surface area contributed by atoms with Gasteiger partial charge in [-0.3, -0.25) is 0 Å². The second kappa shape index (κ2) is 6.64. The van der Waals surface area contributed by atoms with Gasteiger partial charge in [0, 0.05) is 18.8 Å². The number of rotatable bonds is 5. The average molecular weight is 314 g/mol. The van der Waals surface area contributed by atoms with Crippen molar-refractivity contribution in [1.82, 2.24) is 4.31 Å². The third-order valence-corrected chi connectivity index (χ3v) is 5.04. The zero-order valence-corrected chi connectivity index (χ0v) is 13.2. The maximum atomic E-state index is 12.3. The summed E-state index contributed by atoms with van der Waals surface area (Å²) >= 11 is 0. The van der Waals surface area contributed by atoms with Crippen LogP contribution in [0.25, 0.3) is 0 Å². The van der Waals surface area contributed by atoms with Crippen LogP contribution in [0.3, 0.4) is 0 Å². The molecule has 1 aromatic rings. The molecule has 0 bridgehead atoms. The molecule has 2 atom stereocenters. The molecule has 0 radical (unpaired) electrons. The summed E-state index contributed by atoms with van der Waals surface area (Å²) < 4.78 is 37.1. The third-order valence-electron chi connectivity index (χ3n) is 3.27. The van der Waals surface area contributed by atoms with E-state index in [1.165, 1.54) is 4.31 Å². The summed E-state index contributed by atoms with van der Waals surface area (Å²) in [5.41, 5.74) is 6.22. The van der Waals surface area contributed by atoms with E-state index in [0.29, 0.717) is 24.5 Å². The monoisotopic (exact) mass is 314 g/mol. The topological polar surface area (TPSA) is 81.9 Å².